The van der Waals surface area contributed by atoms with Gasteiger partial charge in [-0.2, -0.15) is 0 Å². The van der Waals surface area contributed by atoms with Gasteiger partial charge in [0.15, 0.2) is 0 Å². The SMILES string of the molecule is C[C@H](NC(=O)[C@@H](Cc1ccccc1)NC(=O)[C@H](Cc1ccc(-c2ccccc2)cc1)NC(=O)[C@@H](CC1CC=CS1)NC(=O)CCC(=O)Nc1ccccc1)C(=O)N1CCC[C@@H]1C(=O)O. The number of anilines is 1. The van der Waals surface area contributed by atoms with Crippen molar-refractivity contribution in [2.45, 2.75) is 93.7 Å². The van der Waals surface area contributed by atoms with Gasteiger partial charge in [0.1, 0.15) is 30.2 Å². The van der Waals surface area contributed by atoms with E-state index in [4.69, 9.17) is 0 Å². The van der Waals surface area contributed by atoms with Gasteiger partial charge in [-0.25, -0.2) is 4.79 Å². The number of hydrogen-bond donors (Lipinski definition) is 6. The van der Waals surface area contributed by atoms with Crippen molar-refractivity contribution in [3.63, 3.8) is 0 Å². The summed E-state index contributed by atoms with van der Waals surface area (Å²) in [7, 11) is 0. The highest BCUT2D eigenvalue weighted by atomic mass is 32.2. The van der Waals surface area contributed by atoms with Gasteiger partial charge >= 0.3 is 5.97 Å². The van der Waals surface area contributed by atoms with Gasteiger partial charge in [0, 0.05) is 43.2 Å². The summed E-state index contributed by atoms with van der Waals surface area (Å²) < 4.78 is 0. The van der Waals surface area contributed by atoms with Crippen molar-refractivity contribution in [3.05, 3.63) is 138 Å². The van der Waals surface area contributed by atoms with Gasteiger partial charge in [-0.3, -0.25) is 28.8 Å². The predicted molar refractivity (Wildman–Crippen MR) is 246 cm³/mol. The Balaban J connectivity index is 1.21. The van der Waals surface area contributed by atoms with E-state index in [2.05, 4.69) is 26.6 Å². The van der Waals surface area contributed by atoms with Crippen molar-refractivity contribution in [2.24, 2.45) is 0 Å². The van der Waals surface area contributed by atoms with Crippen LogP contribution < -0.4 is 26.6 Å². The molecular formula is C49H54N6O8S. The number of carbonyl (C=O) groups is 7. The molecule has 6 atom stereocenters. The van der Waals surface area contributed by atoms with Crippen LogP contribution in [0.2, 0.25) is 0 Å². The fraction of sp³-hybridized carbons (Fsp3) is 0.327. The number of carboxylic acid groups (broad SMARTS) is 1. The fourth-order valence-corrected chi connectivity index (χ4v) is 8.71. The number of benzene rings is 4. The minimum Gasteiger partial charge on any atom is -0.480 e. The maximum Gasteiger partial charge on any atom is 0.326 e. The van der Waals surface area contributed by atoms with Gasteiger partial charge in [-0.15, -0.1) is 11.8 Å². The van der Waals surface area contributed by atoms with Crippen molar-refractivity contribution in [2.75, 3.05) is 11.9 Å². The third kappa shape index (κ3) is 13.6. The highest BCUT2D eigenvalue weighted by Crippen LogP contribution is 2.28. The number of thioether (sulfide) groups is 1. The highest BCUT2D eigenvalue weighted by molar-refractivity contribution is 8.03. The Bertz CT molecular complexity index is 2270. The first-order valence-corrected chi connectivity index (χ1v) is 22.4. The van der Waals surface area contributed by atoms with E-state index in [9.17, 15) is 38.7 Å². The lowest BCUT2D eigenvalue weighted by molar-refractivity contribution is -0.149. The topological polar surface area (TPSA) is 203 Å². The quantitative estimate of drug-likeness (QED) is 0.0706. The van der Waals surface area contributed by atoms with Gasteiger partial charge < -0.3 is 36.6 Å². The van der Waals surface area contributed by atoms with E-state index in [-0.39, 0.29) is 49.8 Å². The average molecular weight is 887 g/mol. The first kappa shape index (κ1) is 46.8. The van der Waals surface area contributed by atoms with E-state index < -0.39 is 65.7 Å². The number of nitrogens with zero attached hydrogens (tertiary/aromatic N) is 1. The van der Waals surface area contributed by atoms with Crippen molar-refractivity contribution in [1.29, 1.82) is 0 Å². The Morgan fingerprint density at radius 3 is 1.81 bits per heavy atom. The van der Waals surface area contributed by atoms with Crippen molar-refractivity contribution in [3.8, 4) is 11.1 Å². The highest BCUT2D eigenvalue weighted by Gasteiger charge is 2.37. The maximum atomic E-state index is 14.5. The number of nitrogens with one attached hydrogen (secondary N) is 5. The van der Waals surface area contributed by atoms with E-state index in [1.165, 1.54) is 23.6 Å². The van der Waals surface area contributed by atoms with Gasteiger partial charge in [-0.05, 0) is 72.4 Å². The first-order valence-electron chi connectivity index (χ1n) is 21.5. The summed E-state index contributed by atoms with van der Waals surface area (Å²) in [5.41, 5.74) is 3.97. The zero-order valence-corrected chi connectivity index (χ0v) is 36.4. The normalized spacial score (nSPS) is 17.3. The number of carboxylic acids is 1. The molecule has 1 saturated heterocycles. The number of aliphatic carboxylic acids is 1. The van der Waals surface area contributed by atoms with E-state index in [0.29, 0.717) is 36.1 Å². The molecule has 14 nitrogen and oxygen atoms in total. The Labute approximate surface area is 377 Å². The second-order valence-electron chi connectivity index (χ2n) is 16.0. The van der Waals surface area contributed by atoms with Crippen LogP contribution in [0.15, 0.2) is 127 Å². The van der Waals surface area contributed by atoms with Gasteiger partial charge in [-0.1, -0.05) is 109 Å². The molecule has 0 bridgehead atoms. The lowest BCUT2D eigenvalue weighted by Gasteiger charge is -2.28. The number of rotatable bonds is 20. The van der Waals surface area contributed by atoms with Crippen LogP contribution in [0.5, 0.6) is 0 Å². The molecule has 6 amide bonds. The summed E-state index contributed by atoms with van der Waals surface area (Å²) >= 11 is 1.53. The van der Waals surface area contributed by atoms with Crippen molar-refractivity contribution >= 4 is 58.9 Å². The molecule has 1 unspecified atom stereocenters. The summed E-state index contributed by atoms with van der Waals surface area (Å²) in [6.07, 6.45) is 3.49. The molecule has 2 heterocycles. The molecule has 0 radical (unpaired) electrons. The number of carbonyl (C=O) groups excluding carboxylic acids is 6. The number of amides is 6. The van der Waals surface area contributed by atoms with Gasteiger partial charge in [0.05, 0.1) is 0 Å². The third-order valence-electron chi connectivity index (χ3n) is 11.2. The number of allylic oxidation sites excluding steroid dienone is 1. The molecule has 4 aromatic rings. The molecule has 4 aromatic carbocycles. The second kappa shape index (κ2) is 23.1. The molecule has 2 aliphatic rings. The number of likely N-dealkylation sites (tertiary alicyclic amines) is 1. The molecule has 6 N–H and O–H groups in total. The summed E-state index contributed by atoms with van der Waals surface area (Å²) in [4.78, 5) is 95.5. The summed E-state index contributed by atoms with van der Waals surface area (Å²) in [6.45, 7) is 1.72. The van der Waals surface area contributed by atoms with Gasteiger partial charge in [0.2, 0.25) is 35.4 Å². The van der Waals surface area contributed by atoms with Crippen LogP contribution in [-0.4, -0.2) is 93.4 Å². The molecule has 2 aliphatic heterocycles. The Morgan fingerprint density at radius 2 is 1.20 bits per heavy atom. The van der Waals surface area contributed by atoms with Crippen LogP contribution >= 0.6 is 11.8 Å². The fourth-order valence-electron chi connectivity index (χ4n) is 7.74. The van der Waals surface area contributed by atoms with E-state index in [1.807, 2.05) is 78.2 Å². The van der Waals surface area contributed by atoms with Crippen LogP contribution in [0.1, 0.15) is 56.6 Å². The molecule has 0 spiro atoms. The largest absolute Gasteiger partial charge is 0.480 e. The molecular weight excluding hydrogens is 833 g/mol. The van der Waals surface area contributed by atoms with Crippen LogP contribution in [-0.2, 0) is 46.4 Å². The molecule has 0 aliphatic carbocycles. The summed E-state index contributed by atoms with van der Waals surface area (Å²) in [6, 6.07) is 29.6. The molecule has 0 saturated carbocycles. The lowest BCUT2D eigenvalue weighted by atomic mass is 9.99. The molecule has 334 valence electrons. The van der Waals surface area contributed by atoms with Crippen LogP contribution in [0.25, 0.3) is 11.1 Å². The monoisotopic (exact) mass is 886 g/mol. The first-order chi connectivity index (χ1) is 30.9. The van der Waals surface area contributed by atoms with Crippen molar-refractivity contribution < 1.29 is 38.7 Å². The minimum absolute atomic E-state index is 0.0206. The Kier molecular flexibility index (Phi) is 16.9. The third-order valence-corrected chi connectivity index (χ3v) is 12.3. The molecule has 64 heavy (non-hydrogen) atoms. The molecule has 0 aromatic heterocycles. The van der Waals surface area contributed by atoms with Gasteiger partial charge in [0.25, 0.3) is 0 Å². The Hall–Kier alpha value is -6.74. The lowest BCUT2D eigenvalue weighted by Crippen LogP contribution is -2.59. The van der Waals surface area contributed by atoms with Crippen molar-refractivity contribution in [1.82, 2.24) is 26.2 Å². The average Bonchev–Trinajstić information content (AvgIpc) is 4.02. The van der Waals surface area contributed by atoms with Crippen LogP contribution in [0, 0.1) is 0 Å². The Morgan fingerprint density at radius 1 is 0.656 bits per heavy atom. The summed E-state index contributed by atoms with van der Waals surface area (Å²) in [5, 5.41) is 25.6. The molecule has 15 heteroatoms. The molecule has 1 fully saturated rings. The maximum absolute atomic E-state index is 14.5. The number of para-hydroxylation sites is 1. The smallest absolute Gasteiger partial charge is 0.326 e. The standard InChI is InChI=1S/C49H54N6O8S/c1-32(48(61)55-27-11-20-42(55)49(62)63)50-45(58)39(29-33-13-5-2-6-14-33)53-46(59)40(30-34-21-23-36(24-22-34)35-15-7-3-8-16-35)54-47(60)41(31-38-19-12-28-64-38)52-44(57)26-25-43(56)51-37-17-9-4-10-18-37/h2-10,12-18,21-24,28,32,38-42H,11,19-20,25-27,29-31H2,1H3,(H,50,58)(H,51,56)(H,52,57)(H,53,59)(H,54,60)(H,62,63)/t32-,38?,39+,40-,41+,42+/m0/s1. The minimum atomic E-state index is -1.23. The van der Waals surface area contributed by atoms with Crippen LogP contribution in [0.3, 0.4) is 0 Å². The predicted octanol–water partition coefficient (Wildman–Crippen LogP) is 5.00. The van der Waals surface area contributed by atoms with E-state index in [0.717, 1.165) is 11.1 Å². The molecule has 6 rings (SSSR count). The van der Waals surface area contributed by atoms with Crippen LogP contribution in [0.4, 0.5) is 5.69 Å². The number of hydrogen-bond acceptors (Lipinski definition) is 8. The second-order valence-corrected chi connectivity index (χ2v) is 17.2. The zero-order valence-electron chi connectivity index (χ0n) is 35.6. The zero-order chi connectivity index (χ0) is 45.4. The summed E-state index contributed by atoms with van der Waals surface area (Å²) in [5.74, 6) is -4.50. The van der Waals surface area contributed by atoms with E-state index in [1.54, 1.807) is 48.5 Å². The van der Waals surface area contributed by atoms with E-state index >= 15 is 0 Å².